The number of benzene rings is 2. The van der Waals surface area contributed by atoms with Crippen molar-refractivity contribution < 1.29 is 4.74 Å². The quantitative estimate of drug-likeness (QED) is 0.888. The molecule has 0 radical (unpaired) electrons. The van der Waals surface area contributed by atoms with E-state index in [1.165, 1.54) is 11.3 Å². The lowest BCUT2D eigenvalue weighted by molar-refractivity contribution is 0.281. The smallest absolute Gasteiger partial charge is 0.153 e. The molecule has 1 unspecified atom stereocenters. The molecule has 1 heterocycles. The third kappa shape index (κ3) is 3.68. The number of anilines is 1. The van der Waals surface area contributed by atoms with Gasteiger partial charge in [-0.05, 0) is 42.3 Å². The Morgan fingerprint density at radius 1 is 1.08 bits per heavy atom. The number of hydrogen-bond donors (Lipinski definition) is 2. The summed E-state index contributed by atoms with van der Waals surface area (Å²) in [4.78, 5) is 6.51. The van der Waals surface area contributed by atoms with Gasteiger partial charge in [0.15, 0.2) is 6.10 Å². The van der Waals surface area contributed by atoms with Crippen molar-refractivity contribution in [3.8, 4) is 5.75 Å². The lowest BCUT2D eigenvalue weighted by atomic mass is 10.1. The first-order valence-corrected chi connectivity index (χ1v) is 8.13. The minimum atomic E-state index is -0.161. The van der Waals surface area contributed by atoms with E-state index in [9.17, 15) is 0 Å². The van der Waals surface area contributed by atoms with Crippen LogP contribution in [0.25, 0.3) is 0 Å². The van der Waals surface area contributed by atoms with Crippen molar-refractivity contribution >= 4 is 17.2 Å². The first kappa shape index (κ1) is 16.3. The van der Waals surface area contributed by atoms with E-state index in [-0.39, 0.29) is 6.10 Å². The maximum absolute atomic E-state index is 5.86. The fourth-order valence-electron chi connectivity index (χ4n) is 2.60. The van der Waals surface area contributed by atoms with E-state index in [1.807, 2.05) is 33.2 Å². The molecule has 0 aromatic heterocycles. The van der Waals surface area contributed by atoms with Crippen molar-refractivity contribution in [2.45, 2.75) is 26.1 Å². The van der Waals surface area contributed by atoms with Crippen molar-refractivity contribution in [3.63, 3.8) is 0 Å². The number of rotatable bonds is 5. The van der Waals surface area contributed by atoms with Crippen LogP contribution >= 0.6 is 0 Å². The van der Waals surface area contributed by atoms with Gasteiger partial charge in [-0.25, -0.2) is 4.99 Å². The van der Waals surface area contributed by atoms with Crippen molar-refractivity contribution in [3.05, 3.63) is 53.6 Å². The van der Waals surface area contributed by atoms with Crippen molar-refractivity contribution in [1.82, 2.24) is 5.32 Å². The molecule has 3 N–H and O–H groups in total. The summed E-state index contributed by atoms with van der Waals surface area (Å²) in [6.07, 6.45) is -0.161. The highest BCUT2D eigenvalue weighted by Gasteiger charge is 2.18. The summed E-state index contributed by atoms with van der Waals surface area (Å²) in [5.41, 5.74) is 10.3. The van der Waals surface area contributed by atoms with E-state index in [4.69, 9.17) is 10.5 Å². The summed E-state index contributed by atoms with van der Waals surface area (Å²) in [6, 6.07) is 14.6. The van der Waals surface area contributed by atoms with Crippen LogP contribution in [-0.2, 0) is 13.1 Å². The summed E-state index contributed by atoms with van der Waals surface area (Å²) in [6.45, 7) is 3.50. The number of nitrogens with one attached hydrogen (secondary N) is 1. The summed E-state index contributed by atoms with van der Waals surface area (Å²) >= 11 is 0. The van der Waals surface area contributed by atoms with Crippen molar-refractivity contribution in [2.24, 2.45) is 10.7 Å². The van der Waals surface area contributed by atoms with E-state index < -0.39 is 0 Å². The number of nitrogens with two attached hydrogens (primary N) is 1. The Labute approximate surface area is 143 Å². The van der Waals surface area contributed by atoms with Gasteiger partial charge in [0.25, 0.3) is 0 Å². The van der Waals surface area contributed by atoms with E-state index in [2.05, 4.69) is 45.5 Å². The Balaban J connectivity index is 1.59. The van der Waals surface area contributed by atoms with Gasteiger partial charge in [-0.15, -0.1) is 0 Å². The largest absolute Gasteiger partial charge is 0.481 e. The normalized spacial score (nSPS) is 16.1. The number of nitrogens with zero attached hydrogens (tertiary/aromatic N) is 2. The van der Waals surface area contributed by atoms with Gasteiger partial charge in [0.1, 0.15) is 17.3 Å². The fourth-order valence-corrected chi connectivity index (χ4v) is 2.60. The van der Waals surface area contributed by atoms with Gasteiger partial charge >= 0.3 is 0 Å². The third-order valence-corrected chi connectivity index (χ3v) is 4.10. The van der Waals surface area contributed by atoms with Gasteiger partial charge in [-0.3, -0.25) is 0 Å². The Morgan fingerprint density at radius 3 is 2.46 bits per heavy atom. The highest BCUT2D eigenvalue weighted by atomic mass is 16.5. The van der Waals surface area contributed by atoms with Gasteiger partial charge in [-0.2, -0.15) is 0 Å². The highest BCUT2D eigenvalue weighted by molar-refractivity contribution is 5.89. The second kappa shape index (κ2) is 6.93. The van der Waals surface area contributed by atoms with Crippen LogP contribution in [-0.4, -0.2) is 26.0 Å². The van der Waals surface area contributed by atoms with Gasteiger partial charge in [-0.1, -0.05) is 18.2 Å². The first-order valence-electron chi connectivity index (χ1n) is 8.13. The van der Waals surface area contributed by atoms with Crippen LogP contribution in [0.2, 0.25) is 0 Å². The molecule has 0 amide bonds. The molecule has 0 fully saturated rings. The fraction of sp³-hybridized carbons (Fsp3) is 0.316. The molecule has 3 rings (SSSR count). The Bertz CT molecular complexity index is 738. The Kier molecular flexibility index (Phi) is 4.71. The van der Waals surface area contributed by atoms with Crippen LogP contribution in [0.3, 0.4) is 0 Å². The predicted molar refractivity (Wildman–Crippen MR) is 99.1 cm³/mol. The van der Waals surface area contributed by atoms with E-state index >= 15 is 0 Å². The molecule has 0 aliphatic carbocycles. The predicted octanol–water partition coefficient (Wildman–Crippen LogP) is 2.81. The van der Waals surface area contributed by atoms with Crippen molar-refractivity contribution in [1.29, 1.82) is 0 Å². The zero-order valence-electron chi connectivity index (χ0n) is 14.4. The lowest BCUT2D eigenvalue weighted by Crippen LogP contribution is -2.33. The topological polar surface area (TPSA) is 62.9 Å². The van der Waals surface area contributed by atoms with Gasteiger partial charge in [0.2, 0.25) is 0 Å². The molecule has 5 nitrogen and oxygen atoms in total. The Morgan fingerprint density at radius 2 is 1.75 bits per heavy atom. The minimum absolute atomic E-state index is 0.161. The number of ether oxygens (including phenoxy) is 1. The van der Waals surface area contributed by atoms with Crippen LogP contribution in [0.1, 0.15) is 18.1 Å². The van der Waals surface area contributed by atoms with Gasteiger partial charge in [0, 0.05) is 32.9 Å². The summed E-state index contributed by atoms with van der Waals surface area (Å²) < 4.78 is 5.72. The molecule has 1 atom stereocenters. The molecule has 0 spiro atoms. The molecule has 2 aromatic carbocycles. The lowest BCUT2D eigenvalue weighted by Gasteiger charge is -2.21. The second-order valence-electron chi connectivity index (χ2n) is 6.26. The van der Waals surface area contributed by atoms with E-state index in [0.29, 0.717) is 5.84 Å². The van der Waals surface area contributed by atoms with Crippen LogP contribution in [0, 0.1) is 0 Å². The highest BCUT2D eigenvalue weighted by Crippen LogP contribution is 2.32. The molecule has 0 saturated carbocycles. The average molecular weight is 324 g/mol. The molecule has 126 valence electrons. The molecule has 1 aliphatic rings. The number of aliphatic imine (C=N–C) groups is 1. The van der Waals surface area contributed by atoms with Crippen molar-refractivity contribution in [2.75, 3.05) is 19.0 Å². The minimum Gasteiger partial charge on any atom is -0.481 e. The number of fused-ring (bicyclic) bond motifs is 1. The van der Waals surface area contributed by atoms with Crippen LogP contribution in [0.4, 0.5) is 11.4 Å². The van der Waals surface area contributed by atoms with Crippen LogP contribution < -0.4 is 20.7 Å². The van der Waals surface area contributed by atoms with E-state index in [0.717, 1.165) is 30.1 Å². The molecule has 1 aliphatic heterocycles. The van der Waals surface area contributed by atoms with Gasteiger partial charge in [0.05, 0.1) is 0 Å². The molecule has 24 heavy (non-hydrogen) atoms. The summed E-state index contributed by atoms with van der Waals surface area (Å²) in [5, 5.41) is 3.46. The molecule has 2 aromatic rings. The zero-order valence-corrected chi connectivity index (χ0v) is 14.4. The summed E-state index contributed by atoms with van der Waals surface area (Å²) in [5.74, 6) is 1.31. The molecular weight excluding hydrogens is 300 g/mol. The molecule has 0 saturated heterocycles. The number of hydrogen-bond acceptors (Lipinski definition) is 5. The average Bonchev–Trinajstić information content (AvgIpc) is 2.56. The Hall–Kier alpha value is -2.53. The van der Waals surface area contributed by atoms with Crippen LogP contribution in [0.5, 0.6) is 5.75 Å². The molecular formula is C19H24N4O. The van der Waals surface area contributed by atoms with E-state index in [1.54, 1.807) is 0 Å². The molecule has 5 heteroatoms. The second-order valence-corrected chi connectivity index (χ2v) is 6.26. The van der Waals surface area contributed by atoms with Gasteiger partial charge < -0.3 is 20.7 Å². The van der Waals surface area contributed by atoms with Crippen LogP contribution in [0.15, 0.2) is 47.5 Å². The number of amidine groups is 1. The third-order valence-electron chi connectivity index (χ3n) is 4.10. The maximum atomic E-state index is 5.86. The first-order chi connectivity index (χ1) is 11.5. The maximum Gasteiger partial charge on any atom is 0.153 e. The standard InChI is InChI=1S/C19H24N4O/c1-13-19(20)22-17-10-15(6-9-18(17)24-13)12-21-11-14-4-7-16(8-5-14)23(2)3/h4-10,13,21H,11-12H2,1-3H3,(H2,20,22). The summed E-state index contributed by atoms with van der Waals surface area (Å²) in [7, 11) is 4.09. The monoisotopic (exact) mass is 324 g/mol. The molecule has 0 bridgehead atoms. The SMILES string of the molecule is CC1Oc2ccc(CNCc3ccc(N(C)C)cc3)cc2N=C1N. The zero-order chi connectivity index (χ0) is 17.1.